The number of pyridine rings is 1. The van der Waals surface area contributed by atoms with Crippen molar-refractivity contribution < 1.29 is 14.3 Å². The maximum Gasteiger partial charge on any atom is 0.310 e. The number of hydrogen-bond acceptors (Lipinski definition) is 6. The minimum atomic E-state index is -0.184. The highest BCUT2D eigenvalue weighted by Crippen LogP contribution is 2.19. The monoisotopic (exact) mass is 307 g/mol. The van der Waals surface area contributed by atoms with Gasteiger partial charge in [-0.25, -0.2) is 4.98 Å². The maximum atomic E-state index is 11.6. The van der Waals surface area contributed by atoms with Crippen LogP contribution in [0.15, 0.2) is 18.3 Å². The van der Waals surface area contributed by atoms with Crippen molar-refractivity contribution in [1.29, 1.82) is 0 Å². The number of rotatable bonds is 6. The third-order valence-electron chi connectivity index (χ3n) is 3.91. The third-order valence-corrected chi connectivity index (χ3v) is 3.91. The standard InChI is InChI=1S/C16H25N3O3/c1-4-18(12-13(2)16(20)21-3)14-5-6-15(17-11-14)19-7-9-22-10-8-19/h5-6,11,13H,4,7-10,12H2,1-3H3. The molecule has 0 aliphatic carbocycles. The molecular formula is C16H25N3O3. The van der Waals surface area contributed by atoms with Crippen molar-refractivity contribution in [2.75, 3.05) is 56.3 Å². The molecule has 2 heterocycles. The number of aromatic nitrogens is 1. The summed E-state index contributed by atoms with van der Waals surface area (Å²) in [5.74, 6) is 0.629. The number of morpholine rings is 1. The van der Waals surface area contributed by atoms with Crippen molar-refractivity contribution >= 4 is 17.5 Å². The van der Waals surface area contributed by atoms with E-state index in [1.807, 2.05) is 19.2 Å². The minimum Gasteiger partial charge on any atom is -0.469 e. The molecule has 1 aromatic rings. The zero-order chi connectivity index (χ0) is 15.9. The summed E-state index contributed by atoms with van der Waals surface area (Å²) >= 11 is 0. The number of carbonyl (C=O) groups is 1. The quantitative estimate of drug-likeness (QED) is 0.743. The van der Waals surface area contributed by atoms with Gasteiger partial charge in [-0.3, -0.25) is 4.79 Å². The number of anilines is 2. The lowest BCUT2D eigenvalue weighted by molar-refractivity contribution is -0.144. The largest absolute Gasteiger partial charge is 0.469 e. The fraction of sp³-hybridized carbons (Fsp3) is 0.625. The highest BCUT2D eigenvalue weighted by Gasteiger charge is 2.18. The van der Waals surface area contributed by atoms with Crippen LogP contribution in [0.2, 0.25) is 0 Å². The molecule has 2 rings (SSSR count). The van der Waals surface area contributed by atoms with E-state index >= 15 is 0 Å². The molecule has 6 heteroatoms. The minimum absolute atomic E-state index is 0.163. The molecule has 122 valence electrons. The van der Waals surface area contributed by atoms with E-state index in [1.165, 1.54) is 7.11 Å². The van der Waals surface area contributed by atoms with Crippen molar-refractivity contribution in [3.63, 3.8) is 0 Å². The molecule has 0 amide bonds. The van der Waals surface area contributed by atoms with E-state index in [0.29, 0.717) is 6.54 Å². The van der Waals surface area contributed by atoms with Crippen molar-refractivity contribution in [3.05, 3.63) is 18.3 Å². The van der Waals surface area contributed by atoms with Crippen molar-refractivity contribution in [2.24, 2.45) is 5.92 Å². The average Bonchev–Trinajstić information content (AvgIpc) is 2.59. The van der Waals surface area contributed by atoms with Gasteiger partial charge in [0.2, 0.25) is 0 Å². The van der Waals surface area contributed by atoms with Gasteiger partial charge in [-0.05, 0) is 19.1 Å². The Bertz CT molecular complexity index is 472. The first kappa shape index (κ1) is 16.5. The van der Waals surface area contributed by atoms with Crippen LogP contribution >= 0.6 is 0 Å². The third kappa shape index (κ3) is 4.10. The van der Waals surface area contributed by atoms with Crippen molar-refractivity contribution in [3.8, 4) is 0 Å². The van der Waals surface area contributed by atoms with Crippen LogP contribution < -0.4 is 9.80 Å². The summed E-state index contributed by atoms with van der Waals surface area (Å²) in [5, 5.41) is 0. The molecule has 0 aromatic carbocycles. The molecule has 0 spiro atoms. The Morgan fingerprint density at radius 2 is 2.18 bits per heavy atom. The van der Waals surface area contributed by atoms with Crippen molar-refractivity contribution in [2.45, 2.75) is 13.8 Å². The first-order valence-electron chi connectivity index (χ1n) is 7.77. The van der Waals surface area contributed by atoms with Crippen LogP contribution in [0, 0.1) is 5.92 Å². The van der Waals surface area contributed by atoms with Gasteiger partial charge in [0.15, 0.2) is 0 Å². The summed E-state index contributed by atoms with van der Waals surface area (Å²) in [7, 11) is 1.42. The smallest absolute Gasteiger partial charge is 0.310 e. The molecule has 1 aliphatic rings. The molecule has 0 bridgehead atoms. The predicted molar refractivity (Wildman–Crippen MR) is 86.3 cm³/mol. The van der Waals surface area contributed by atoms with E-state index in [-0.39, 0.29) is 11.9 Å². The highest BCUT2D eigenvalue weighted by atomic mass is 16.5. The van der Waals surface area contributed by atoms with Crippen LogP contribution in [0.5, 0.6) is 0 Å². The molecule has 1 atom stereocenters. The highest BCUT2D eigenvalue weighted by molar-refractivity contribution is 5.72. The van der Waals surface area contributed by atoms with Crippen LogP contribution in [0.25, 0.3) is 0 Å². The van der Waals surface area contributed by atoms with E-state index in [0.717, 1.165) is 44.4 Å². The Hall–Kier alpha value is -1.82. The Labute approximate surface area is 132 Å². The van der Waals surface area contributed by atoms with Crippen LogP contribution in [0.1, 0.15) is 13.8 Å². The second-order valence-electron chi connectivity index (χ2n) is 5.44. The summed E-state index contributed by atoms with van der Waals surface area (Å²) in [6.07, 6.45) is 1.87. The number of ether oxygens (including phenoxy) is 2. The molecule has 6 nitrogen and oxygen atoms in total. The van der Waals surface area contributed by atoms with Crippen LogP contribution in [-0.2, 0) is 14.3 Å². The molecule has 0 radical (unpaired) electrons. The Morgan fingerprint density at radius 3 is 2.73 bits per heavy atom. The summed E-state index contributed by atoms with van der Waals surface area (Å²) in [5.41, 5.74) is 1.02. The molecular weight excluding hydrogens is 282 g/mol. The summed E-state index contributed by atoms with van der Waals surface area (Å²) < 4.78 is 10.1. The molecule has 1 aromatic heterocycles. The first-order chi connectivity index (χ1) is 10.7. The Morgan fingerprint density at radius 1 is 1.45 bits per heavy atom. The van der Waals surface area contributed by atoms with E-state index in [9.17, 15) is 4.79 Å². The molecule has 1 unspecified atom stereocenters. The maximum absolute atomic E-state index is 11.6. The van der Waals surface area contributed by atoms with Gasteiger partial charge in [0.25, 0.3) is 0 Å². The molecule has 0 N–H and O–H groups in total. The fourth-order valence-corrected chi connectivity index (χ4v) is 2.57. The molecule has 1 aliphatic heterocycles. The number of esters is 1. The number of methoxy groups -OCH3 is 1. The van der Waals surface area contributed by atoms with Gasteiger partial charge >= 0.3 is 5.97 Å². The Kier molecular flexibility index (Phi) is 6.00. The molecule has 1 saturated heterocycles. The van der Waals surface area contributed by atoms with Gasteiger partial charge in [0, 0.05) is 26.2 Å². The molecule has 22 heavy (non-hydrogen) atoms. The first-order valence-corrected chi connectivity index (χ1v) is 7.77. The van der Waals surface area contributed by atoms with E-state index in [1.54, 1.807) is 0 Å². The van der Waals surface area contributed by atoms with Gasteiger partial charge in [0.05, 0.1) is 38.1 Å². The normalized spacial score (nSPS) is 16.2. The number of hydrogen-bond donors (Lipinski definition) is 0. The van der Waals surface area contributed by atoms with Crippen LogP contribution in [0.3, 0.4) is 0 Å². The topological polar surface area (TPSA) is 54.9 Å². The lowest BCUT2D eigenvalue weighted by Gasteiger charge is -2.29. The summed E-state index contributed by atoms with van der Waals surface area (Å²) in [6, 6.07) is 4.09. The fourth-order valence-electron chi connectivity index (χ4n) is 2.57. The van der Waals surface area contributed by atoms with Gasteiger partial charge in [-0.2, -0.15) is 0 Å². The van der Waals surface area contributed by atoms with Crippen LogP contribution in [0.4, 0.5) is 11.5 Å². The lowest BCUT2D eigenvalue weighted by atomic mass is 10.1. The second kappa shape index (κ2) is 7.98. The van der Waals surface area contributed by atoms with Crippen molar-refractivity contribution in [1.82, 2.24) is 4.98 Å². The lowest BCUT2D eigenvalue weighted by Crippen LogP contribution is -2.37. The van der Waals surface area contributed by atoms with E-state index in [2.05, 4.69) is 27.8 Å². The van der Waals surface area contributed by atoms with Gasteiger partial charge in [-0.1, -0.05) is 6.92 Å². The van der Waals surface area contributed by atoms with E-state index in [4.69, 9.17) is 9.47 Å². The van der Waals surface area contributed by atoms with Gasteiger partial charge in [-0.15, -0.1) is 0 Å². The SMILES string of the molecule is CCN(CC(C)C(=O)OC)c1ccc(N2CCOCC2)nc1. The average molecular weight is 307 g/mol. The zero-order valence-corrected chi connectivity index (χ0v) is 13.6. The zero-order valence-electron chi connectivity index (χ0n) is 13.6. The van der Waals surface area contributed by atoms with Gasteiger partial charge < -0.3 is 19.3 Å². The predicted octanol–water partition coefficient (Wildman–Crippen LogP) is 1.55. The van der Waals surface area contributed by atoms with Gasteiger partial charge in [0.1, 0.15) is 5.82 Å². The molecule has 1 fully saturated rings. The Balaban J connectivity index is 2.02. The summed E-state index contributed by atoms with van der Waals surface area (Å²) in [6.45, 7) is 8.65. The number of nitrogens with zero attached hydrogens (tertiary/aromatic N) is 3. The number of carbonyl (C=O) groups excluding carboxylic acids is 1. The van der Waals surface area contributed by atoms with E-state index < -0.39 is 0 Å². The summed E-state index contributed by atoms with van der Waals surface area (Å²) in [4.78, 5) is 20.5. The van der Waals surface area contributed by atoms with Crippen LogP contribution in [-0.4, -0.2) is 57.5 Å². The second-order valence-corrected chi connectivity index (χ2v) is 5.44. The molecule has 0 saturated carbocycles.